The van der Waals surface area contributed by atoms with Crippen molar-refractivity contribution in [1.29, 1.82) is 0 Å². The summed E-state index contributed by atoms with van der Waals surface area (Å²) in [4.78, 5) is 27.3. The van der Waals surface area contributed by atoms with Crippen LogP contribution in [-0.2, 0) is 4.79 Å². The van der Waals surface area contributed by atoms with E-state index in [0.29, 0.717) is 6.54 Å². The molecule has 0 aromatic rings. The molecule has 0 aromatic carbocycles. The molecule has 1 aliphatic heterocycles. The van der Waals surface area contributed by atoms with Gasteiger partial charge in [0.2, 0.25) is 0 Å². The second-order valence-corrected chi connectivity index (χ2v) is 6.39. The number of hydrogen-bond acceptors (Lipinski definition) is 3. The van der Waals surface area contributed by atoms with E-state index in [0.717, 1.165) is 13.1 Å². The van der Waals surface area contributed by atoms with Crippen LogP contribution in [0.15, 0.2) is 0 Å². The highest BCUT2D eigenvalue weighted by atomic mass is 16.4. The topological polar surface area (TPSA) is 72.9 Å². The molecule has 1 fully saturated rings. The summed E-state index contributed by atoms with van der Waals surface area (Å²) in [6.45, 7) is 9.63. The second kappa shape index (κ2) is 5.77. The minimum atomic E-state index is -0.998. The van der Waals surface area contributed by atoms with Gasteiger partial charge in [-0.25, -0.2) is 9.59 Å². The van der Waals surface area contributed by atoms with Crippen LogP contribution in [0.3, 0.4) is 0 Å². The van der Waals surface area contributed by atoms with Crippen molar-refractivity contribution in [2.75, 3.05) is 26.7 Å². The third-order valence-electron chi connectivity index (χ3n) is 3.47. The number of carbonyl (C=O) groups excluding carboxylic acids is 1. The van der Waals surface area contributed by atoms with Gasteiger partial charge in [-0.2, -0.15) is 0 Å². The maximum absolute atomic E-state index is 12.2. The normalized spacial score (nSPS) is 23.0. The number of hydrogen-bond donors (Lipinski definition) is 2. The third-order valence-corrected chi connectivity index (χ3v) is 3.47. The molecule has 6 heteroatoms. The quantitative estimate of drug-likeness (QED) is 0.780. The van der Waals surface area contributed by atoms with Crippen molar-refractivity contribution in [2.45, 2.75) is 39.8 Å². The predicted molar refractivity (Wildman–Crippen MR) is 73.1 cm³/mol. The molecule has 0 spiro atoms. The van der Waals surface area contributed by atoms with Gasteiger partial charge in [0.1, 0.15) is 6.04 Å². The third kappa shape index (κ3) is 4.09. The van der Waals surface area contributed by atoms with E-state index < -0.39 is 17.4 Å². The number of nitrogens with zero attached hydrogens (tertiary/aromatic N) is 2. The lowest BCUT2D eigenvalue weighted by Crippen LogP contribution is -2.59. The van der Waals surface area contributed by atoms with Crippen molar-refractivity contribution in [3.05, 3.63) is 0 Å². The summed E-state index contributed by atoms with van der Waals surface area (Å²) in [6, 6.07) is -1.08. The van der Waals surface area contributed by atoms with Crippen LogP contribution in [0, 0.1) is 5.41 Å². The first kappa shape index (κ1) is 15.8. The highest BCUT2D eigenvalue weighted by Gasteiger charge is 2.35. The molecule has 0 bridgehead atoms. The lowest BCUT2D eigenvalue weighted by atomic mass is 9.87. The van der Waals surface area contributed by atoms with Gasteiger partial charge in [0, 0.05) is 25.7 Å². The Morgan fingerprint density at radius 2 is 1.89 bits per heavy atom. The minimum absolute atomic E-state index is 0.0909. The number of amides is 2. The Balaban J connectivity index is 2.70. The Morgan fingerprint density at radius 1 is 1.32 bits per heavy atom. The summed E-state index contributed by atoms with van der Waals surface area (Å²) in [7, 11) is 2.01. The van der Waals surface area contributed by atoms with Crippen molar-refractivity contribution in [3.8, 4) is 0 Å². The lowest BCUT2D eigenvalue weighted by Gasteiger charge is -2.39. The molecule has 0 aliphatic carbocycles. The second-order valence-electron chi connectivity index (χ2n) is 6.39. The zero-order chi connectivity index (χ0) is 14.8. The van der Waals surface area contributed by atoms with Gasteiger partial charge < -0.3 is 20.2 Å². The summed E-state index contributed by atoms with van der Waals surface area (Å²) in [5.41, 5.74) is -0.517. The van der Waals surface area contributed by atoms with Crippen LogP contribution >= 0.6 is 0 Å². The van der Waals surface area contributed by atoms with E-state index in [9.17, 15) is 14.7 Å². The van der Waals surface area contributed by atoms with E-state index in [1.165, 1.54) is 0 Å². The molecular weight excluding hydrogens is 246 g/mol. The number of carbonyl (C=O) groups is 2. The van der Waals surface area contributed by atoms with E-state index in [1.807, 2.05) is 14.0 Å². The van der Waals surface area contributed by atoms with Crippen molar-refractivity contribution in [3.63, 3.8) is 0 Å². The first-order valence-corrected chi connectivity index (χ1v) is 6.61. The summed E-state index contributed by atoms with van der Waals surface area (Å²) >= 11 is 0. The summed E-state index contributed by atoms with van der Waals surface area (Å²) < 4.78 is 0. The van der Waals surface area contributed by atoms with E-state index in [-0.39, 0.29) is 12.1 Å². The summed E-state index contributed by atoms with van der Waals surface area (Å²) in [5, 5.41) is 11.9. The number of urea groups is 1. The molecule has 1 aliphatic rings. The van der Waals surface area contributed by atoms with E-state index >= 15 is 0 Å². The zero-order valence-electron chi connectivity index (χ0n) is 12.4. The van der Waals surface area contributed by atoms with E-state index in [1.54, 1.807) is 25.7 Å². The van der Waals surface area contributed by atoms with Gasteiger partial charge in [-0.3, -0.25) is 0 Å². The highest BCUT2D eigenvalue weighted by molar-refractivity contribution is 5.83. The Bertz CT molecular complexity index is 352. The van der Waals surface area contributed by atoms with Crippen molar-refractivity contribution in [2.24, 2.45) is 5.41 Å². The molecule has 2 amide bonds. The predicted octanol–water partition coefficient (Wildman–Crippen LogP) is 0.831. The molecule has 1 saturated heterocycles. The molecule has 2 N–H and O–H groups in total. The molecule has 6 nitrogen and oxygen atoms in total. The molecule has 0 radical (unpaired) electrons. The van der Waals surface area contributed by atoms with Crippen LogP contribution in [0.25, 0.3) is 0 Å². The number of carboxylic acids is 1. The number of piperazine rings is 1. The van der Waals surface area contributed by atoms with Gasteiger partial charge in [0.25, 0.3) is 0 Å². The first-order chi connectivity index (χ1) is 8.62. The Hall–Kier alpha value is -1.30. The molecular formula is C13H25N3O3. The number of rotatable bonds is 2. The van der Waals surface area contributed by atoms with Crippen molar-refractivity contribution >= 4 is 12.0 Å². The summed E-state index contributed by atoms with van der Waals surface area (Å²) in [5.74, 6) is -0.998. The molecule has 19 heavy (non-hydrogen) atoms. The number of nitrogens with one attached hydrogen (secondary N) is 1. The zero-order valence-corrected chi connectivity index (χ0v) is 12.4. The smallest absolute Gasteiger partial charge is 0.326 e. The Morgan fingerprint density at radius 3 is 2.32 bits per heavy atom. The van der Waals surface area contributed by atoms with E-state index in [4.69, 9.17) is 0 Å². The molecule has 0 saturated carbocycles. The van der Waals surface area contributed by atoms with Gasteiger partial charge >= 0.3 is 12.0 Å². The fourth-order valence-electron chi connectivity index (χ4n) is 2.30. The fraction of sp³-hybridized carbons (Fsp3) is 0.846. The molecule has 1 heterocycles. The van der Waals surface area contributed by atoms with Crippen LogP contribution in [0.4, 0.5) is 4.79 Å². The molecule has 110 valence electrons. The van der Waals surface area contributed by atoms with Gasteiger partial charge in [0.15, 0.2) is 0 Å². The van der Waals surface area contributed by atoms with Gasteiger partial charge in [0.05, 0.1) is 0 Å². The van der Waals surface area contributed by atoms with Crippen molar-refractivity contribution in [1.82, 2.24) is 15.1 Å². The maximum atomic E-state index is 12.2. The van der Waals surface area contributed by atoms with Crippen LogP contribution < -0.4 is 5.32 Å². The molecule has 1 rings (SSSR count). The number of carboxylic acid groups (broad SMARTS) is 1. The monoisotopic (exact) mass is 271 g/mol. The van der Waals surface area contributed by atoms with Crippen LogP contribution in [0.5, 0.6) is 0 Å². The van der Waals surface area contributed by atoms with Gasteiger partial charge in [-0.15, -0.1) is 0 Å². The van der Waals surface area contributed by atoms with E-state index in [2.05, 4.69) is 10.2 Å². The minimum Gasteiger partial charge on any atom is -0.480 e. The average Bonchev–Trinajstić information content (AvgIpc) is 2.23. The SMILES string of the molecule is CC1CN(C)CCN1C(=O)N[C@@H](C(=O)O)C(C)(C)C. The Labute approximate surface area is 114 Å². The van der Waals surface area contributed by atoms with Gasteiger partial charge in [-0.1, -0.05) is 20.8 Å². The highest BCUT2D eigenvalue weighted by Crippen LogP contribution is 2.20. The summed E-state index contributed by atoms with van der Waals surface area (Å²) in [6.07, 6.45) is 0. The van der Waals surface area contributed by atoms with Crippen LogP contribution in [-0.4, -0.2) is 65.7 Å². The number of likely N-dealkylation sites (N-methyl/N-ethyl adjacent to an activating group) is 1. The average molecular weight is 271 g/mol. The molecule has 1 unspecified atom stereocenters. The standard InChI is InChI=1S/C13H25N3O3/c1-9-8-15(5)6-7-16(9)12(19)14-10(11(17)18)13(2,3)4/h9-10H,6-8H2,1-5H3,(H,14,19)(H,17,18)/t9?,10-/m0/s1. The van der Waals surface area contributed by atoms with Crippen LogP contribution in [0.2, 0.25) is 0 Å². The largest absolute Gasteiger partial charge is 0.480 e. The van der Waals surface area contributed by atoms with Crippen LogP contribution in [0.1, 0.15) is 27.7 Å². The first-order valence-electron chi connectivity index (χ1n) is 6.61. The molecule has 2 atom stereocenters. The Kier molecular flexibility index (Phi) is 4.79. The van der Waals surface area contributed by atoms with Gasteiger partial charge in [-0.05, 0) is 19.4 Å². The fourth-order valence-corrected chi connectivity index (χ4v) is 2.30. The van der Waals surface area contributed by atoms with Crippen molar-refractivity contribution < 1.29 is 14.7 Å². The maximum Gasteiger partial charge on any atom is 0.326 e. The lowest BCUT2D eigenvalue weighted by molar-refractivity contribution is -0.142. The number of aliphatic carboxylic acids is 1. The molecule has 0 aromatic heterocycles.